The van der Waals surface area contributed by atoms with Crippen LogP contribution in [0.15, 0.2) is 48.5 Å². The molecule has 1 atom stereocenters. The lowest BCUT2D eigenvalue weighted by molar-refractivity contribution is 0.484. The fourth-order valence-corrected chi connectivity index (χ4v) is 2.78. The summed E-state index contributed by atoms with van der Waals surface area (Å²) in [6.45, 7) is 3.05. The van der Waals surface area contributed by atoms with Gasteiger partial charge >= 0.3 is 0 Å². The average molecular weight is 283 g/mol. The Bertz CT molecular complexity index is 570. The molecule has 1 N–H and O–H groups in total. The molecule has 0 heterocycles. The minimum absolute atomic E-state index is 0.165. The van der Waals surface area contributed by atoms with Crippen molar-refractivity contribution in [3.8, 4) is 0 Å². The molecule has 1 fully saturated rings. The summed E-state index contributed by atoms with van der Waals surface area (Å²) >= 11 is 0. The van der Waals surface area contributed by atoms with Gasteiger partial charge in [0.15, 0.2) is 0 Å². The van der Waals surface area contributed by atoms with Gasteiger partial charge in [-0.3, -0.25) is 0 Å². The maximum absolute atomic E-state index is 12.9. The van der Waals surface area contributed by atoms with E-state index >= 15 is 0 Å². The highest BCUT2D eigenvalue weighted by Gasteiger charge is 2.31. The Balaban J connectivity index is 1.58. The predicted octanol–water partition coefficient (Wildman–Crippen LogP) is 4.42. The van der Waals surface area contributed by atoms with Gasteiger partial charge in [-0.05, 0) is 61.9 Å². The van der Waals surface area contributed by atoms with Gasteiger partial charge < -0.3 is 5.32 Å². The van der Waals surface area contributed by atoms with E-state index in [2.05, 4.69) is 36.5 Å². The Morgan fingerprint density at radius 2 is 1.71 bits per heavy atom. The first-order chi connectivity index (χ1) is 10.2. The van der Waals surface area contributed by atoms with Crippen molar-refractivity contribution in [2.75, 3.05) is 6.54 Å². The molecule has 2 aromatic rings. The first-order valence-corrected chi connectivity index (χ1v) is 7.77. The summed E-state index contributed by atoms with van der Waals surface area (Å²) in [5.41, 5.74) is 3.88. The Kier molecular flexibility index (Phi) is 4.35. The lowest BCUT2D eigenvalue weighted by Gasteiger charge is -2.19. The molecule has 0 bridgehead atoms. The van der Waals surface area contributed by atoms with Crippen LogP contribution in [0.1, 0.15) is 35.6 Å². The van der Waals surface area contributed by atoms with Gasteiger partial charge in [0.25, 0.3) is 0 Å². The zero-order chi connectivity index (χ0) is 14.7. The Morgan fingerprint density at radius 1 is 1.05 bits per heavy atom. The molecule has 1 unspecified atom stereocenters. The fraction of sp³-hybridized carbons (Fsp3) is 0.368. The molecule has 0 spiro atoms. The van der Waals surface area contributed by atoms with Crippen LogP contribution in [0.5, 0.6) is 0 Å². The lowest BCUT2D eigenvalue weighted by atomic mass is 10.0. The number of benzene rings is 2. The van der Waals surface area contributed by atoms with Gasteiger partial charge in [-0.25, -0.2) is 4.39 Å². The van der Waals surface area contributed by atoms with Crippen molar-refractivity contribution in [1.29, 1.82) is 0 Å². The standard InChI is InChI=1S/C19H22FN/c1-14-2-6-16(7-3-14)19(17-8-9-17)21-13-12-15-4-10-18(20)11-5-15/h2-7,10-11,17,19,21H,8-9,12-13H2,1H3. The second-order valence-corrected chi connectivity index (χ2v) is 6.06. The second-order valence-electron chi connectivity index (χ2n) is 6.06. The van der Waals surface area contributed by atoms with Crippen molar-refractivity contribution in [3.63, 3.8) is 0 Å². The first kappa shape index (κ1) is 14.3. The van der Waals surface area contributed by atoms with E-state index in [1.807, 2.05) is 12.1 Å². The van der Waals surface area contributed by atoms with E-state index in [1.165, 1.54) is 41.7 Å². The number of aryl methyl sites for hydroxylation is 1. The van der Waals surface area contributed by atoms with Crippen molar-refractivity contribution in [2.45, 2.75) is 32.2 Å². The van der Waals surface area contributed by atoms with Gasteiger partial charge in [-0.1, -0.05) is 42.0 Å². The number of halogens is 1. The Morgan fingerprint density at radius 3 is 2.33 bits per heavy atom. The SMILES string of the molecule is Cc1ccc(C(NCCc2ccc(F)cc2)C2CC2)cc1. The van der Waals surface area contributed by atoms with Crippen LogP contribution >= 0.6 is 0 Å². The zero-order valence-corrected chi connectivity index (χ0v) is 12.5. The highest BCUT2D eigenvalue weighted by atomic mass is 19.1. The molecule has 1 aliphatic carbocycles. The van der Waals surface area contributed by atoms with Crippen LogP contribution in [0.4, 0.5) is 4.39 Å². The summed E-state index contributed by atoms with van der Waals surface area (Å²) in [4.78, 5) is 0. The van der Waals surface area contributed by atoms with Crippen molar-refractivity contribution in [1.82, 2.24) is 5.32 Å². The lowest BCUT2D eigenvalue weighted by Crippen LogP contribution is -2.25. The maximum atomic E-state index is 12.9. The van der Waals surface area contributed by atoms with Crippen molar-refractivity contribution >= 4 is 0 Å². The first-order valence-electron chi connectivity index (χ1n) is 7.77. The molecule has 21 heavy (non-hydrogen) atoms. The maximum Gasteiger partial charge on any atom is 0.123 e. The number of nitrogens with one attached hydrogen (secondary N) is 1. The van der Waals surface area contributed by atoms with Gasteiger partial charge in [0, 0.05) is 6.04 Å². The van der Waals surface area contributed by atoms with E-state index in [0.29, 0.717) is 6.04 Å². The van der Waals surface area contributed by atoms with Crippen LogP contribution < -0.4 is 5.32 Å². The normalized spacial score (nSPS) is 15.9. The number of hydrogen-bond donors (Lipinski definition) is 1. The summed E-state index contributed by atoms with van der Waals surface area (Å²) in [6.07, 6.45) is 3.58. The molecular formula is C19H22FN. The molecular weight excluding hydrogens is 261 g/mol. The molecule has 3 rings (SSSR count). The highest BCUT2D eigenvalue weighted by molar-refractivity contribution is 5.25. The Hall–Kier alpha value is -1.67. The summed E-state index contributed by atoms with van der Waals surface area (Å²) in [5.74, 6) is 0.614. The molecule has 1 nitrogen and oxygen atoms in total. The molecule has 2 heteroatoms. The minimum atomic E-state index is -0.165. The highest BCUT2D eigenvalue weighted by Crippen LogP contribution is 2.40. The van der Waals surface area contributed by atoms with Crippen LogP contribution in [0, 0.1) is 18.7 Å². The molecule has 1 saturated carbocycles. The van der Waals surface area contributed by atoms with Gasteiger partial charge in [0.05, 0.1) is 0 Å². The zero-order valence-electron chi connectivity index (χ0n) is 12.5. The summed E-state index contributed by atoms with van der Waals surface area (Å²) < 4.78 is 12.9. The number of rotatable bonds is 6. The fourth-order valence-electron chi connectivity index (χ4n) is 2.78. The smallest absolute Gasteiger partial charge is 0.123 e. The summed E-state index contributed by atoms with van der Waals surface area (Å²) in [6, 6.07) is 16.1. The number of hydrogen-bond acceptors (Lipinski definition) is 1. The van der Waals surface area contributed by atoms with E-state index in [0.717, 1.165) is 18.9 Å². The van der Waals surface area contributed by atoms with Gasteiger partial charge in [0.2, 0.25) is 0 Å². The van der Waals surface area contributed by atoms with Crippen LogP contribution in [0.2, 0.25) is 0 Å². The van der Waals surface area contributed by atoms with Crippen LogP contribution in [-0.4, -0.2) is 6.54 Å². The third-order valence-electron chi connectivity index (χ3n) is 4.22. The van der Waals surface area contributed by atoms with E-state index < -0.39 is 0 Å². The second kappa shape index (κ2) is 6.40. The monoisotopic (exact) mass is 283 g/mol. The van der Waals surface area contributed by atoms with Crippen LogP contribution in [-0.2, 0) is 6.42 Å². The molecule has 0 saturated heterocycles. The van der Waals surface area contributed by atoms with E-state index in [-0.39, 0.29) is 5.82 Å². The summed E-state index contributed by atoms with van der Waals surface area (Å²) in [5, 5.41) is 3.69. The predicted molar refractivity (Wildman–Crippen MR) is 84.8 cm³/mol. The molecule has 0 amide bonds. The Labute approximate surface area is 126 Å². The quantitative estimate of drug-likeness (QED) is 0.827. The van der Waals surface area contributed by atoms with E-state index in [1.54, 1.807) is 0 Å². The minimum Gasteiger partial charge on any atom is -0.309 e. The van der Waals surface area contributed by atoms with E-state index in [9.17, 15) is 4.39 Å². The van der Waals surface area contributed by atoms with Gasteiger partial charge in [-0.2, -0.15) is 0 Å². The van der Waals surface area contributed by atoms with Gasteiger partial charge in [0.1, 0.15) is 5.82 Å². The van der Waals surface area contributed by atoms with Crippen LogP contribution in [0.25, 0.3) is 0 Å². The van der Waals surface area contributed by atoms with Gasteiger partial charge in [-0.15, -0.1) is 0 Å². The van der Waals surface area contributed by atoms with Crippen molar-refractivity contribution in [2.24, 2.45) is 5.92 Å². The third-order valence-corrected chi connectivity index (χ3v) is 4.22. The van der Waals surface area contributed by atoms with E-state index in [4.69, 9.17) is 0 Å². The largest absolute Gasteiger partial charge is 0.309 e. The molecule has 2 aromatic carbocycles. The topological polar surface area (TPSA) is 12.0 Å². The van der Waals surface area contributed by atoms with Crippen molar-refractivity contribution in [3.05, 3.63) is 71.0 Å². The molecule has 0 radical (unpaired) electrons. The summed E-state index contributed by atoms with van der Waals surface area (Å²) in [7, 11) is 0. The van der Waals surface area contributed by atoms with Crippen molar-refractivity contribution < 1.29 is 4.39 Å². The molecule has 1 aliphatic rings. The third kappa shape index (κ3) is 3.92. The van der Waals surface area contributed by atoms with Crippen LogP contribution in [0.3, 0.4) is 0 Å². The molecule has 110 valence electrons. The molecule has 0 aliphatic heterocycles. The average Bonchev–Trinajstić information content (AvgIpc) is 3.31. The molecule has 0 aromatic heterocycles.